The van der Waals surface area contributed by atoms with Gasteiger partial charge in [-0.15, -0.1) is 0 Å². The van der Waals surface area contributed by atoms with E-state index in [1.807, 2.05) is 0 Å². The van der Waals surface area contributed by atoms with E-state index in [1.165, 1.54) is 6.07 Å². The van der Waals surface area contributed by atoms with Crippen molar-refractivity contribution in [3.8, 4) is 0 Å². The molecule has 0 saturated heterocycles. The second-order valence-corrected chi connectivity index (χ2v) is 7.38. The van der Waals surface area contributed by atoms with Crippen LogP contribution in [0.5, 0.6) is 0 Å². The fourth-order valence-electron chi connectivity index (χ4n) is 3.37. The van der Waals surface area contributed by atoms with Crippen LogP contribution in [0.15, 0.2) is 54.9 Å². The number of hydrogen-bond acceptors (Lipinski definition) is 4. The quantitative estimate of drug-likeness (QED) is 0.632. The number of pyridine rings is 1. The maximum absolute atomic E-state index is 13.7. The van der Waals surface area contributed by atoms with E-state index in [9.17, 15) is 18.0 Å². The van der Waals surface area contributed by atoms with E-state index in [0.717, 1.165) is 10.2 Å². The molecule has 0 radical (unpaired) electrons. The molecule has 6 nitrogen and oxygen atoms in total. The average Bonchev–Trinajstić information content (AvgIpc) is 3.16. The summed E-state index contributed by atoms with van der Waals surface area (Å²) >= 11 is 5.88. The largest absolute Gasteiger partial charge is 0.410 e. The standard InChI is InChI=1S/C20H17ClF3N5O/c21-14-5-3-13(4-6-14)15-8-17(20(22,23)24)29-18(27-15)9-16(28-29)19(30)26-11-12-2-1-7-25-10-12/h1-7,9-10,15,17,27H,8,11H2,(H,26,30)/t15-,17-/m1/s1. The summed E-state index contributed by atoms with van der Waals surface area (Å²) in [6.45, 7) is 0.193. The minimum atomic E-state index is -4.52. The van der Waals surface area contributed by atoms with Gasteiger partial charge >= 0.3 is 6.18 Å². The number of carbonyl (C=O) groups is 1. The Morgan fingerprint density at radius 3 is 2.70 bits per heavy atom. The van der Waals surface area contributed by atoms with Gasteiger partial charge in [0.15, 0.2) is 11.7 Å². The van der Waals surface area contributed by atoms with Crippen molar-refractivity contribution in [2.24, 2.45) is 0 Å². The first-order valence-corrected chi connectivity index (χ1v) is 9.54. The molecule has 1 aliphatic rings. The first kappa shape index (κ1) is 20.2. The van der Waals surface area contributed by atoms with Crippen molar-refractivity contribution in [3.05, 3.63) is 76.7 Å². The van der Waals surface area contributed by atoms with Gasteiger partial charge in [0.2, 0.25) is 0 Å². The van der Waals surface area contributed by atoms with E-state index in [1.54, 1.807) is 48.8 Å². The third-order valence-electron chi connectivity index (χ3n) is 4.87. The zero-order valence-corrected chi connectivity index (χ0v) is 16.3. The Balaban J connectivity index is 1.58. The molecule has 0 bridgehead atoms. The number of halogens is 4. The molecule has 10 heteroatoms. The third kappa shape index (κ3) is 4.25. The van der Waals surface area contributed by atoms with Crippen LogP contribution in [0.2, 0.25) is 5.02 Å². The number of amides is 1. The molecule has 4 rings (SSSR count). The first-order chi connectivity index (χ1) is 14.3. The highest BCUT2D eigenvalue weighted by molar-refractivity contribution is 6.30. The predicted octanol–water partition coefficient (Wildman–Crippen LogP) is 4.52. The molecule has 3 aromatic rings. The number of fused-ring (bicyclic) bond motifs is 1. The fourth-order valence-corrected chi connectivity index (χ4v) is 3.50. The molecule has 2 atom stereocenters. The third-order valence-corrected chi connectivity index (χ3v) is 5.12. The van der Waals surface area contributed by atoms with Crippen molar-refractivity contribution in [1.82, 2.24) is 20.1 Å². The van der Waals surface area contributed by atoms with E-state index in [-0.39, 0.29) is 24.5 Å². The number of benzene rings is 1. The van der Waals surface area contributed by atoms with Gasteiger partial charge in [0, 0.05) is 36.4 Å². The van der Waals surface area contributed by atoms with Gasteiger partial charge in [-0.25, -0.2) is 4.68 Å². The normalized spacial score (nSPS) is 18.4. The minimum Gasteiger partial charge on any atom is -0.363 e. The lowest BCUT2D eigenvalue weighted by atomic mass is 9.97. The molecular weight excluding hydrogens is 419 g/mol. The fraction of sp³-hybridized carbons (Fsp3) is 0.250. The lowest BCUT2D eigenvalue weighted by Crippen LogP contribution is -2.35. The lowest BCUT2D eigenvalue weighted by Gasteiger charge is -2.33. The molecule has 0 aliphatic carbocycles. The van der Waals surface area contributed by atoms with Gasteiger partial charge in [-0.2, -0.15) is 18.3 Å². The van der Waals surface area contributed by atoms with Gasteiger partial charge in [0.25, 0.3) is 5.91 Å². The minimum absolute atomic E-state index is 0.0904. The molecule has 1 aliphatic heterocycles. The number of alkyl halides is 3. The van der Waals surface area contributed by atoms with E-state index in [4.69, 9.17) is 11.6 Å². The van der Waals surface area contributed by atoms with Gasteiger partial charge in [0.05, 0.1) is 6.04 Å². The molecule has 0 fully saturated rings. The molecule has 2 aromatic heterocycles. The maximum Gasteiger partial charge on any atom is 0.410 e. The van der Waals surface area contributed by atoms with E-state index in [2.05, 4.69) is 20.7 Å². The number of aromatic nitrogens is 3. The van der Waals surface area contributed by atoms with Gasteiger partial charge in [-0.3, -0.25) is 9.78 Å². The van der Waals surface area contributed by atoms with Crippen molar-refractivity contribution in [2.75, 3.05) is 5.32 Å². The molecule has 2 N–H and O–H groups in total. The Hall–Kier alpha value is -3.07. The summed E-state index contributed by atoms with van der Waals surface area (Å²) in [5, 5.41) is 10.1. The summed E-state index contributed by atoms with van der Waals surface area (Å²) in [5.74, 6) is -0.429. The summed E-state index contributed by atoms with van der Waals surface area (Å²) < 4.78 is 42.0. The molecular formula is C20H17ClF3N5O. The molecule has 30 heavy (non-hydrogen) atoms. The highest BCUT2D eigenvalue weighted by atomic mass is 35.5. The SMILES string of the molecule is O=C(NCc1cccnc1)c1cc2n(n1)[C@@H](C(F)(F)F)C[C@H](c1ccc(Cl)cc1)N2. The van der Waals surface area contributed by atoms with Crippen LogP contribution in [0.3, 0.4) is 0 Å². The van der Waals surface area contributed by atoms with E-state index < -0.39 is 24.2 Å². The number of hydrogen-bond donors (Lipinski definition) is 2. The van der Waals surface area contributed by atoms with Gasteiger partial charge in [-0.05, 0) is 29.3 Å². The number of carbonyl (C=O) groups excluding carboxylic acids is 1. The van der Waals surface area contributed by atoms with Crippen LogP contribution in [0.1, 0.15) is 40.1 Å². The van der Waals surface area contributed by atoms with Crippen molar-refractivity contribution in [2.45, 2.75) is 31.2 Å². The summed E-state index contributed by atoms with van der Waals surface area (Å²) in [6.07, 6.45) is -1.57. The maximum atomic E-state index is 13.7. The number of nitrogens with one attached hydrogen (secondary N) is 2. The van der Waals surface area contributed by atoms with Crippen molar-refractivity contribution >= 4 is 23.3 Å². The smallest absolute Gasteiger partial charge is 0.363 e. The van der Waals surface area contributed by atoms with Crippen LogP contribution in [0.4, 0.5) is 19.0 Å². The summed E-state index contributed by atoms with van der Waals surface area (Å²) in [6, 6.07) is 9.02. The van der Waals surface area contributed by atoms with E-state index in [0.29, 0.717) is 10.6 Å². The zero-order valence-electron chi connectivity index (χ0n) is 15.5. The summed E-state index contributed by atoms with van der Waals surface area (Å²) in [4.78, 5) is 16.4. The monoisotopic (exact) mass is 435 g/mol. The van der Waals surface area contributed by atoms with E-state index >= 15 is 0 Å². The summed E-state index contributed by atoms with van der Waals surface area (Å²) in [5.41, 5.74) is 1.35. The highest BCUT2D eigenvalue weighted by Crippen LogP contribution is 2.43. The van der Waals surface area contributed by atoms with Crippen LogP contribution >= 0.6 is 11.6 Å². The predicted molar refractivity (Wildman–Crippen MR) is 105 cm³/mol. The first-order valence-electron chi connectivity index (χ1n) is 9.16. The molecule has 3 heterocycles. The molecule has 0 saturated carbocycles. The Morgan fingerprint density at radius 2 is 2.03 bits per heavy atom. The Morgan fingerprint density at radius 1 is 1.27 bits per heavy atom. The topological polar surface area (TPSA) is 71.8 Å². The van der Waals surface area contributed by atoms with Gasteiger partial charge < -0.3 is 10.6 Å². The Kier molecular flexibility index (Phi) is 5.38. The molecule has 156 valence electrons. The Bertz CT molecular complexity index is 1040. The van der Waals surface area contributed by atoms with Crippen LogP contribution in [0.25, 0.3) is 0 Å². The van der Waals surface area contributed by atoms with Crippen LogP contribution in [-0.2, 0) is 6.54 Å². The van der Waals surface area contributed by atoms with Crippen molar-refractivity contribution < 1.29 is 18.0 Å². The van der Waals surface area contributed by atoms with Gasteiger partial charge in [0.1, 0.15) is 5.82 Å². The van der Waals surface area contributed by atoms with Crippen molar-refractivity contribution in [3.63, 3.8) is 0 Å². The van der Waals surface area contributed by atoms with Crippen LogP contribution < -0.4 is 10.6 Å². The second-order valence-electron chi connectivity index (χ2n) is 6.94. The van der Waals surface area contributed by atoms with Crippen molar-refractivity contribution in [1.29, 1.82) is 0 Å². The average molecular weight is 436 g/mol. The zero-order chi connectivity index (χ0) is 21.3. The van der Waals surface area contributed by atoms with Crippen LogP contribution in [-0.4, -0.2) is 26.8 Å². The molecule has 1 aromatic carbocycles. The number of rotatable bonds is 4. The molecule has 0 unspecified atom stereocenters. The summed E-state index contributed by atoms with van der Waals surface area (Å²) in [7, 11) is 0. The second kappa shape index (κ2) is 7.98. The Labute approximate surface area is 175 Å². The molecule has 1 amide bonds. The molecule has 0 spiro atoms. The highest BCUT2D eigenvalue weighted by Gasteiger charge is 2.46. The number of anilines is 1. The van der Waals surface area contributed by atoms with Crippen LogP contribution in [0, 0.1) is 0 Å². The van der Waals surface area contributed by atoms with Gasteiger partial charge in [-0.1, -0.05) is 29.8 Å². The lowest BCUT2D eigenvalue weighted by molar-refractivity contribution is -0.173. The number of nitrogens with zero attached hydrogens (tertiary/aromatic N) is 3.